The average molecular weight is 257 g/mol. The highest BCUT2D eigenvalue weighted by atomic mass is 32.1. The number of nitrogens with zero attached hydrogens (tertiary/aromatic N) is 1. The van der Waals surface area contributed by atoms with Crippen molar-refractivity contribution in [2.45, 2.75) is 27.3 Å². The first-order valence-electron chi connectivity index (χ1n) is 4.83. The average Bonchev–Trinajstić information content (AvgIpc) is 2.60. The zero-order chi connectivity index (χ0) is 12.3. The molecule has 1 rings (SSSR count). The standard InChI is InChI=1S/C10H15N3OS2/c1-6-13-7(5-16-6)4-12-9(14)10(2,3)8(11)15/h5H,4H2,1-3H3,(H2,11,15)(H,12,14). The molecule has 0 saturated carbocycles. The second-order valence-corrected chi connectivity index (χ2v) is 5.53. The highest BCUT2D eigenvalue weighted by Crippen LogP contribution is 2.16. The lowest BCUT2D eigenvalue weighted by atomic mass is 9.92. The molecule has 0 saturated heterocycles. The van der Waals surface area contributed by atoms with Gasteiger partial charge in [-0.2, -0.15) is 0 Å². The number of hydrogen-bond donors (Lipinski definition) is 2. The summed E-state index contributed by atoms with van der Waals surface area (Å²) >= 11 is 6.40. The van der Waals surface area contributed by atoms with Crippen LogP contribution < -0.4 is 11.1 Å². The molecule has 0 fully saturated rings. The summed E-state index contributed by atoms with van der Waals surface area (Å²) in [6.07, 6.45) is 0. The number of rotatable bonds is 4. The molecule has 0 radical (unpaired) electrons. The van der Waals surface area contributed by atoms with Crippen LogP contribution in [0.2, 0.25) is 0 Å². The molecule has 0 spiro atoms. The van der Waals surface area contributed by atoms with Crippen molar-refractivity contribution >= 4 is 34.5 Å². The smallest absolute Gasteiger partial charge is 0.232 e. The van der Waals surface area contributed by atoms with Gasteiger partial charge >= 0.3 is 0 Å². The van der Waals surface area contributed by atoms with Crippen molar-refractivity contribution in [2.75, 3.05) is 0 Å². The molecule has 0 aromatic carbocycles. The van der Waals surface area contributed by atoms with Crippen LogP contribution in [-0.2, 0) is 11.3 Å². The number of thiocarbonyl (C=S) groups is 1. The molecule has 88 valence electrons. The van der Waals surface area contributed by atoms with Crippen LogP contribution in [-0.4, -0.2) is 15.9 Å². The van der Waals surface area contributed by atoms with E-state index in [-0.39, 0.29) is 10.9 Å². The van der Waals surface area contributed by atoms with E-state index >= 15 is 0 Å². The van der Waals surface area contributed by atoms with E-state index in [2.05, 4.69) is 10.3 Å². The molecule has 0 atom stereocenters. The summed E-state index contributed by atoms with van der Waals surface area (Å²) in [5.41, 5.74) is 5.54. The minimum absolute atomic E-state index is 0.175. The van der Waals surface area contributed by atoms with Gasteiger partial charge in [0.2, 0.25) is 5.91 Å². The van der Waals surface area contributed by atoms with E-state index < -0.39 is 5.41 Å². The molecule has 1 amide bonds. The molecule has 1 heterocycles. The fourth-order valence-corrected chi connectivity index (χ4v) is 1.70. The van der Waals surface area contributed by atoms with Gasteiger partial charge in [-0.15, -0.1) is 11.3 Å². The Balaban J connectivity index is 2.56. The van der Waals surface area contributed by atoms with E-state index in [1.165, 1.54) is 0 Å². The quantitative estimate of drug-likeness (QED) is 0.800. The number of carbonyl (C=O) groups is 1. The molecule has 1 aromatic heterocycles. The summed E-state index contributed by atoms with van der Waals surface area (Å²) in [6, 6.07) is 0. The van der Waals surface area contributed by atoms with Crippen molar-refractivity contribution in [1.82, 2.24) is 10.3 Å². The van der Waals surface area contributed by atoms with Crippen LogP contribution in [0.1, 0.15) is 24.5 Å². The Morgan fingerprint density at radius 2 is 2.31 bits per heavy atom. The van der Waals surface area contributed by atoms with Crippen molar-refractivity contribution in [1.29, 1.82) is 0 Å². The van der Waals surface area contributed by atoms with Crippen LogP contribution in [0.25, 0.3) is 0 Å². The van der Waals surface area contributed by atoms with E-state index in [9.17, 15) is 4.79 Å². The third kappa shape index (κ3) is 2.99. The Morgan fingerprint density at radius 3 is 2.75 bits per heavy atom. The SMILES string of the molecule is Cc1nc(CNC(=O)C(C)(C)C(N)=S)cs1. The van der Waals surface area contributed by atoms with Crippen molar-refractivity contribution in [3.63, 3.8) is 0 Å². The maximum atomic E-state index is 11.8. The van der Waals surface area contributed by atoms with E-state index in [1.807, 2.05) is 12.3 Å². The maximum absolute atomic E-state index is 11.8. The van der Waals surface area contributed by atoms with Crippen molar-refractivity contribution in [3.8, 4) is 0 Å². The highest BCUT2D eigenvalue weighted by Gasteiger charge is 2.30. The molecule has 3 N–H and O–H groups in total. The van der Waals surface area contributed by atoms with Gasteiger partial charge < -0.3 is 11.1 Å². The maximum Gasteiger partial charge on any atom is 0.232 e. The Hall–Kier alpha value is -1.01. The lowest BCUT2D eigenvalue weighted by Crippen LogP contribution is -2.44. The van der Waals surface area contributed by atoms with Crippen LogP contribution in [0.5, 0.6) is 0 Å². The number of nitrogens with two attached hydrogens (primary N) is 1. The second kappa shape index (κ2) is 4.88. The first-order valence-corrected chi connectivity index (χ1v) is 6.12. The summed E-state index contributed by atoms with van der Waals surface area (Å²) in [6.45, 7) is 5.75. The Morgan fingerprint density at radius 1 is 1.69 bits per heavy atom. The largest absolute Gasteiger partial charge is 0.392 e. The predicted molar refractivity (Wildman–Crippen MR) is 69.3 cm³/mol. The molecule has 0 unspecified atom stereocenters. The van der Waals surface area contributed by atoms with Gasteiger partial charge in [0.15, 0.2) is 0 Å². The van der Waals surface area contributed by atoms with Crippen molar-refractivity contribution < 1.29 is 4.79 Å². The Labute approximate surface area is 104 Å². The first-order chi connectivity index (χ1) is 7.34. The van der Waals surface area contributed by atoms with Crippen LogP contribution in [0.15, 0.2) is 5.38 Å². The predicted octanol–water partition coefficient (Wildman–Crippen LogP) is 1.38. The van der Waals surface area contributed by atoms with E-state index in [0.717, 1.165) is 10.7 Å². The van der Waals surface area contributed by atoms with Gasteiger partial charge in [-0.1, -0.05) is 12.2 Å². The summed E-state index contributed by atoms with van der Waals surface area (Å²) < 4.78 is 0. The monoisotopic (exact) mass is 257 g/mol. The molecule has 0 bridgehead atoms. The molecule has 1 aromatic rings. The second-order valence-electron chi connectivity index (χ2n) is 4.03. The van der Waals surface area contributed by atoms with E-state index in [0.29, 0.717) is 6.54 Å². The molecular formula is C10H15N3OS2. The van der Waals surface area contributed by atoms with Gasteiger partial charge in [0.05, 0.1) is 27.6 Å². The van der Waals surface area contributed by atoms with Crippen molar-refractivity contribution in [2.24, 2.45) is 11.1 Å². The van der Waals surface area contributed by atoms with Gasteiger partial charge in [0.1, 0.15) is 0 Å². The van der Waals surface area contributed by atoms with Gasteiger partial charge in [-0.25, -0.2) is 4.98 Å². The molecular weight excluding hydrogens is 242 g/mol. The lowest BCUT2D eigenvalue weighted by molar-refractivity contribution is -0.126. The van der Waals surface area contributed by atoms with Crippen LogP contribution >= 0.6 is 23.6 Å². The lowest BCUT2D eigenvalue weighted by Gasteiger charge is -2.21. The normalized spacial score (nSPS) is 11.2. The zero-order valence-electron chi connectivity index (χ0n) is 9.53. The molecule has 16 heavy (non-hydrogen) atoms. The summed E-state index contributed by atoms with van der Waals surface area (Å²) in [7, 11) is 0. The third-order valence-electron chi connectivity index (χ3n) is 2.28. The fraction of sp³-hybridized carbons (Fsp3) is 0.500. The topological polar surface area (TPSA) is 68.0 Å². The number of thiazole rings is 1. The zero-order valence-corrected chi connectivity index (χ0v) is 11.2. The number of aryl methyl sites for hydroxylation is 1. The van der Waals surface area contributed by atoms with Crippen LogP contribution in [0.3, 0.4) is 0 Å². The number of amides is 1. The number of aromatic nitrogens is 1. The number of hydrogen-bond acceptors (Lipinski definition) is 4. The van der Waals surface area contributed by atoms with Crippen LogP contribution in [0, 0.1) is 12.3 Å². The summed E-state index contributed by atoms with van der Waals surface area (Å²) in [4.78, 5) is 16.2. The number of nitrogens with one attached hydrogen (secondary N) is 1. The molecule has 0 aliphatic heterocycles. The molecule has 0 aliphatic rings. The van der Waals surface area contributed by atoms with Gasteiger partial charge in [0, 0.05) is 5.38 Å². The Kier molecular flexibility index (Phi) is 3.98. The van der Waals surface area contributed by atoms with Crippen molar-refractivity contribution in [3.05, 3.63) is 16.1 Å². The third-order valence-corrected chi connectivity index (χ3v) is 3.61. The minimum atomic E-state index is -0.819. The fourth-order valence-electron chi connectivity index (χ4n) is 0.993. The van der Waals surface area contributed by atoms with Gasteiger partial charge in [0.25, 0.3) is 0 Å². The number of carbonyl (C=O) groups excluding carboxylic acids is 1. The molecule has 6 heteroatoms. The molecule has 4 nitrogen and oxygen atoms in total. The summed E-state index contributed by atoms with van der Waals surface area (Å²) in [5, 5.41) is 5.68. The molecule has 0 aliphatic carbocycles. The van der Waals surface area contributed by atoms with Gasteiger partial charge in [-0.3, -0.25) is 4.79 Å². The summed E-state index contributed by atoms with van der Waals surface area (Å²) in [5.74, 6) is -0.175. The van der Waals surface area contributed by atoms with E-state index in [4.69, 9.17) is 18.0 Å². The Bertz CT molecular complexity index is 412. The van der Waals surface area contributed by atoms with Gasteiger partial charge in [-0.05, 0) is 20.8 Å². The first kappa shape index (κ1) is 13.1. The van der Waals surface area contributed by atoms with E-state index in [1.54, 1.807) is 25.2 Å². The highest BCUT2D eigenvalue weighted by molar-refractivity contribution is 7.80. The van der Waals surface area contributed by atoms with Crippen LogP contribution in [0.4, 0.5) is 0 Å². The minimum Gasteiger partial charge on any atom is -0.392 e.